The molecule has 0 radical (unpaired) electrons. The normalized spacial score (nSPS) is 13.8. The molecule has 0 saturated carbocycles. The topological polar surface area (TPSA) is 43.1 Å². The van der Waals surface area contributed by atoms with E-state index in [1.165, 1.54) is 34.4 Å². The molecule has 4 nitrogen and oxygen atoms in total. The molecule has 1 aliphatic rings. The fourth-order valence-electron chi connectivity index (χ4n) is 3.40. The van der Waals surface area contributed by atoms with Crippen LogP contribution in [-0.2, 0) is 18.6 Å². The predicted molar refractivity (Wildman–Crippen MR) is 106 cm³/mol. The number of aromatic nitrogens is 4. The molecule has 8 heteroatoms. The number of thioether (sulfide) groups is 2. The Morgan fingerprint density at radius 2 is 2.00 bits per heavy atom. The number of aryl methyl sites for hydroxylation is 2. The Morgan fingerprint density at radius 1 is 1.15 bits per heavy atom. The minimum absolute atomic E-state index is 0.214. The van der Waals surface area contributed by atoms with Crippen LogP contribution in [-0.4, -0.2) is 25.8 Å². The van der Waals surface area contributed by atoms with Gasteiger partial charge in [-0.05, 0) is 48.8 Å². The summed E-state index contributed by atoms with van der Waals surface area (Å²) in [5.41, 5.74) is 3.39. The van der Waals surface area contributed by atoms with Crippen LogP contribution < -0.4 is 0 Å². The van der Waals surface area contributed by atoms with Gasteiger partial charge in [-0.15, -0.1) is 21.5 Å². The summed E-state index contributed by atoms with van der Waals surface area (Å²) in [6, 6.07) is 6.60. The molecule has 1 aliphatic carbocycles. The molecule has 1 aromatic carbocycles. The summed E-state index contributed by atoms with van der Waals surface area (Å²) in [4.78, 5) is 7.42. The second-order valence-electron chi connectivity index (χ2n) is 6.19. The third-order valence-electron chi connectivity index (χ3n) is 4.61. The Balaban J connectivity index is 1.60. The lowest BCUT2D eigenvalue weighted by molar-refractivity contribution is 0.627. The fourth-order valence-corrected chi connectivity index (χ4v) is 6.20. The Bertz CT molecular complexity index is 1120. The number of benzene rings is 1. The Morgan fingerprint density at radius 3 is 2.81 bits per heavy atom. The van der Waals surface area contributed by atoms with Crippen molar-refractivity contribution in [3.8, 4) is 0 Å². The van der Waals surface area contributed by atoms with E-state index in [-0.39, 0.29) is 5.82 Å². The van der Waals surface area contributed by atoms with Crippen molar-refractivity contribution >= 4 is 50.7 Å². The summed E-state index contributed by atoms with van der Waals surface area (Å²) in [5, 5.41) is 11.9. The van der Waals surface area contributed by atoms with Crippen LogP contribution in [0.2, 0.25) is 0 Å². The lowest BCUT2D eigenvalue weighted by atomic mass is 10.2. The van der Waals surface area contributed by atoms with Gasteiger partial charge in [-0.25, -0.2) is 13.8 Å². The number of nitrogens with zero attached hydrogens (tertiary/aromatic N) is 4. The van der Waals surface area contributed by atoms with Crippen LogP contribution in [0.1, 0.15) is 22.4 Å². The zero-order valence-electron chi connectivity index (χ0n) is 14.0. The first-order valence-electron chi connectivity index (χ1n) is 8.35. The molecule has 3 heterocycles. The van der Waals surface area contributed by atoms with Crippen molar-refractivity contribution in [2.45, 2.75) is 35.3 Å². The quantitative estimate of drug-likeness (QED) is 0.356. The summed E-state index contributed by atoms with van der Waals surface area (Å²) in [6.07, 6.45) is 5.50. The zero-order chi connectivity index (χ0) is 17.7. The standard InChI is InChI=1S/C18H15FN4S3/c1-24-17-20-16-14(12-3-2-4-13(12)26-16)15-21-22-18(23(15)17)25-9-10-5-7-11(19)8-6-10/h5-8H,2-4,9H2,1H3. The van der Waals surface area contributed by atoms with Crippen molar-refractivity contribution in [1.29, 1.82) is 0 Å². The lowest BCUT2D eigenvalue weighted by Crippen LogP contribution is -1.97. The maximum absolute atomic E-state index is 13.1. The van der Waals surface area contributed by atoms with Crippen molar-refractivity contribution < 1.29 is 4.39 Å². The van der Waals surface area contributed by atoms with Gasteiger partial charge in [0.05, 0.1) is 5.39 Å². The van der Waals surface area contributed by atoms with Gasteiger partial charge in [0, 0.05) is 10.6 Å². The molecule has 0 fully saturated rings. The van der Waals surface area contributed by atoms with Gasteiger partial charge in [0.15, 0.2) is 16.0 Å². The molecule has 0 bridgehead atoms. The molecule has 0 amide bonds. The number of rotatable bonds is 4. The second kappa shape index (κ2) is 6.51. The molecular weight excluding hydrogens is 387 g/mol. The molecule has 0 atom stereocenters. The van der Waals surface area contributed by atoms with Crippen LogP contribution in [0, 0.1) is 5.82 Å². The first-order chi connectivity index (χ1) is 12.7. The highest BCUT2D eigenvalue weighted by atomic mass is 32.2. The van der Waals surface area contributed by atoms with E-state index in [2.05, 4.69) is 14.6 Å². The highest BCUT2D eigenvalue weighted by Gasteiger charge is 2.24. The van der Waals surface area contributed by atoms with Crippen LogP contribution in [0.15, 0.2) is 34.6 Å². The van der Waals surface area contributed by atoms with Crippen LogP contribution in [0.4, 0.5) is 4.39 Å². The lowest BCUT2D eigenvalue weighted by Gasteiger charge is -2.06. The van der Waals surface area contributed by atoms with E-state index >= 15 is 0 Å². The molecule has 5 rings (SSSR count). The molecule has 0 spiro atoms. The van der Waals surface area contributed by atoms with Crippen LogP contribution in [0.3, 0.4) is 0 Å². The van der Waals surface area contributed by atoms with E-state index in [0.717, 1.165) is 39.2 Å². The zero-order valence-corrected chi connectivity index (χ0v) is 16.5. The molecular formula is C18H15FN4S3. The van der Waals surface area contributed by atoms with Crippen molar-refractivity contribution in [1.82, 2.24) is 19.6 Å². The first kappa shape index (κ1) is 16.5. The SMILES string of the molecule is CSc1nc2sc3c(c2c2nnc(SCc4ccc(F)cc4)n12)CCC3. The van der Waals surface area contributed by atoms with E-state index in [1.54, 1.807) is 34.9 Å². The summed E-state index contributed by atoms with van der Waals surface area (Å²) in [6.45, 7) is 0. The number of fused-ring (bicyclic) bond motifs is 5. The third-order valence-corrected chi connectivity index (χ3v) is 7.44. The third kappa shape index (κ3) is 2.62. The number of hydrogen-bond donors (Lipinski definition) is 0. The van der Waals surface area contributed by atoms with Crippen LogP contribution >= 0.6 is 34.9 Å². The summed E-state index contributed by atoms with van der Waals surface area (Å²) >= 11 is 5.02. The predicted octanol–water partition coefficient (Wildman–Crippen LogP) is 4.98. The van der Waals surface area contributed by atoms with E-state index in [4.69, 9.17) is 4.98 Å². The molecule has 132 valence electrons. The van der Waals surface area contributed by atoms with Gasteiger partial charge >= 0.3 is 0 Å². The highest BCUT2D eigenvalue weighted by Crippen LogP contribution is 2.40. The Labute approximate surface area is 162 Å². The van der Waals surface area contributed by atoms with Crippen molar-refractivity contribution in [3.63, 3.8) is 0 Å². The minimum Gasteiger partial charge on any atom is -0.248 e. The average Bonchev–Trinajstić information content (AvgIpc) is 3.34. The first-order valence-corrected chi connectivity index (χ1v) is 11.4. The molecule has 0 N–H and O–H groups in total. The van der Waals surface area contributed by atoms with Crippen LogP contribution in [0.5, 0.6) is 0 Å². The summed E-state index contributed by atoms with van der Waals surface area (Å²) in [7, 11) is 0. The smallest absolute Gasteiger partial charge is 0.198 e. The Kier molecular flexibility index (Phi) is 4.14. The number of thiophene rings is 1. The molecule has 0 saturated heterocycles. The van der Waals surface area contributed by atoms with Crippen LogP contribution in [0.25, 0.3) is 15.9 Å². The summed E-state index contributed by atoms with van der Waals surface area (Å²) < 4.78 is 15.2. The van der Waals surface area contributed by atoms with E-state index < -0.39 is 0 Å². The van der Waals surface area contributed by atoms with Crippen molar-refractivity contribution in [2.75, 3.05) is 6.26 Å². The van der Waals surface area contributed by atoms with Gasteiger partial charge in [-0.2, -0.15) is 0 Å². The highest BCUT2D eigenvalue weighted by molar-refractivity contribution is 7.99. The molecule has 3 aromatic heterocycles. The van der Waals surface area contributed by atoms with Gasteiger partial charge < -0.3 is 0 Å². The maximum atomic E-state index is 13.1. The van der Waals surface area contributed by atoms with Gasteiger partial charge in [0.1, 0.15) is 10.6 Å². The fraction of sp³-hybridized carbons (Fsp3) is 0.278. The van der Waals surface area contributed by atoms with Gasteiger partial charge in [0.2, 0.25) is 0 Å². The van der Waals surface area contributed by atoms with Crippen molar-refractivity contribution in [2.24, 2.45) is 0 Å². The molecule has 26 heavy (non-hydrogen) atoms. The van der Waals surface area contributed by atoms with Crippen molar-refractivity contribution in [3.05, 3.63) is 46.1 Å². The monoisotopic (exact) mass is 402 g/mol. The average molecular weight is 403 g/mol. The van der Waals surface area contributed by atoms with E-state index in [1.807, 2.05) is 18.4 Å². The van der Waals surface area contributed by atoms with Gasteiger partial charge in [-0.3, -0.25) is 0 Å². The number of halogens is 1. The summed E-state index contributed by atoms with van der Waals surface area (Å²) in [5.74, 6) is 0.503. The Hall–Kier alpha value is -1.64. The van der Waals surface area contributed by atoms with E-state index in [9.17, 15) is 4.39 Å². The van der Waals surface area contributed by atoms with Gasteiger partial charge in [0.25, 0.3) is 0 Å². The maximum Gasteiger partial charge on any atom is 0.198 e. The minimum atomic E-state index is -0.214. The molecule has 4 aromatic rings. The molecule has 0 aliphatic heterocycles. The van der Waals surface area contributed by atoms with E-state index in [0.29, 0.717) is 5.75 Å². The number of hydrogen-bond acceptors (Lipinski definition) is 6. The molecule has 0 unspecified atom stereocenters. The largest absolute Gasteiger partial charge is 0.248 e. The second-order valence-corrected chi connectivity index (χ2v) is 8.99. The van der Waals surface area contributed by atoms with Gasteiger partial charge in [-0.1, -0.05) is 35.7 Å².